The highest BCUT2D eigenvalue weighted by Crippen LogP contribution is 2.24. The van der Waals surface area contributed by atoms with E-state index < -0.39 is 0 Å². The number of likely N-dealkylation sites (tertiary alicyclic amines) is 1. The maximum absolute atomic E-state index is 5.40. The molecule has 3 rings (SSSR count). The van der Waals surface area contributed by atoms with Gasteiger partial charge in [-0.3, -0.25) is 9.58 Å². The van der Waals surface area contributed by atoms with E-state index in [2.05, 4.69) is 20.2 Å². The highest BCUT2D eigenvalue weighted by molar-refractivity contribution is 7.13. The Kier molecular flexibility index (Phi) is 4.82. The van der Waals surface area contributed by atoms with E-state index in [9.17, 15) is 0 Å². The van der Waals surface area contributed by atoms with Crippen LogP contribution in [0.15, 0.2) is 18.5 Å². The highest BCUT2D eigenvalue weighted by atomic mass is 32.1. The van der Waals surface area contributed by atoms with Crippen molar-refractivity contribution in [2.75, 3.05) is 13.2 Å². The van der Waals surface area contributed by atoms with E-state index in [0.717, 1.165) is 24.6 Å². The Labute approximate surface area is 128 Å². The average Bonchev–Trinajstić information content (AvgIpc) is 3.14. The van der Waals surface area contributed by atoms with Crippen molar-refractivity contribution in [1.82, 2.24) is 24.9 Å². The first-order valence-electron chi connectivity index (χ1n) is 7.52. The van der Waals surface area contributed by atoms with E-state index in [-0.39, 0.29) is 0 Å². The quantitative estimate of drug-likeness (QED) is 0.819. The van der Waals surface area contributed by atoms with Gasteiger partial charge in [-0.25, -0.2) is 0 Å². The van der Waals surface area contributed by atoms with Gasteiger partial charge in [0.05, 0.1) is 19.7 Å². The third-order valence-corrected chi connectivity index (χ3v) is 4.58. The number of ether oxygens (including phenoxy) is 1. The van der Waals surface area contributed by atoms with Crippen molar-refractivity contribution in [2.24, 2.45) is 0 Å². The molecule has 0 aliphatic carbocycles. The molecule has 7 heteroatoms. The molecule has 0 spiro atoms. The Morgan fingerprint density at radius 1 is 1.38 bits per heavy atom. The molecule has 1 aliphatic heterocycles. The van der Waals surface area contributed by atoms with Crippen molar-refractivity contribution in [3.8, 4) is 5.19 Å². The van der Waals surface area contributed by atoms with Crippen molar-refractivity contribution in [1.29, 1.82) is 0 Å². The van der Waals surface area contributed by atoms with Gasteiger partial charge in [-0.1, -0.05) is 17.8 Å². The van der Waals surface area contributed by atoms with Gasteiger partial charge in [0.15, 0.2) is 0 Å². The molecule has 0 amide bonds. The minimum atomic E-state index is 0.526. The van der Waals surface area contributed by atoms with Crippen LogP contribution in [-0.4, -0.2) is 44.1 Å². The predicted octanol–water partition coefficient (Wildman–Crippen LogP) is 2.19. The fourth-order valence-corrected chi connectivity index (χ4v) is 3.53. The van der Waals surface area contributed by atoms with Gasteiger partial charge in [0, 0.05) is 18.4 Å². The molecule has 0 saturated carbocycles. The van der Waals surface area contributed by atoms with Crippen LogP contribution >= 0.6 is 11.3 Å². The number of hydrogen-bond donors (Lipinski definition) is 0. The highest BCUT2D eigenvalue weighted by Gasteiger charge is 2.24. The Morgan fingerprint density at radius 2 is 2.33 bits per heavy atom. The van der Waals surface area contributed by atoms with Crippen molar-refractivity contribution < 1.29 is 4.74 Å². The molecular formula is C14H21N5OS. The molecule has 6 nitrogen and oxygen atoms in total. The first-order chi connectivity index (χ1) is 10.3. The fraction of sp³-hybridized carbons (Fsp3) is 0.643. The first kappa shape index (κ1) is 14.5. The normalized spacial score (nSPS) is 19.8. The average molecular weight is 307 g/mol. The maximum atomic E-state index is 5.40. The van der Waals surface area contributed by atoms with Crippen LogP contribution in [0.5, 0.6) is 5.19 Å². The molecule has 0 bridgehead atoms. The summed E-state index contributed by atoms with van der Waals surface area (Å²) in [4.78, 5) is 2.50. The van der Waals surface area contributed by atoms with Crippen LogP contribution in [0.1, 0.15) is 31.2 Å². The van der Waals surface area contributed by atoms with E-state index >= 15 is 0 Å². The lowest BCUT2D eigenvalue weighted by atomic mass is 10.0. The second kappa shape index (κ2) is 7.00. The zero-order valence-corrected chi connectivity index (χ0v) is 13.1. The standard InChI is InChI=1S/C14H21N5OS/c1-2-20-14-17-16-13(21-14)11-18-8-4-3-6-12(18)10-19-9-5-7-15-19/h5,7,9,12H,2-4,6,8,10-11H2,1H3. The summed E-state index contributed by atoms with van der Waals surface area (Å²) >= 11 is 1.55. The predicted molar refractivity (Wildman–Crippen MR) is 81.4 cm³/mol. The molecule has 2 aromatic heterocycles. The number of piperidine rings is 1. The van der Waals surface area contributed by atoms with Crippen molar-refractivity contribution in [3.63, 3.8) is 0 Å². The topological polar surface area (TPSA) is 56.1 Å². The molecule has 1 atom stereocenters. The molecule has 1 fully saturated rings. The molecular weight excluding hydrogens is 286 g/mol. The Bertz CT molecular complexity index is 541. The molecule has 21 heavy (non-hydrogen) atoms. The lowest BCUT2D eigenvalue weighted by Crippen LogP contribution is -2.41. The Balaban J connectivity index is 1.63. The summed E-state index contributed by atoms with van der Waals surface area (Å²) in [6.07, 6.45) is 7.64. The second-order valence-corrected chi connectivity index (χ2v) is 6.27. The van der Waals surface area contributed by atoms with Crippen LogP contribution in [0.4, 0.5) is 0 Å². The van der Waals surface area contributed by atoms with E-state index in [1.165, 1.54) is 19.3 Å². The number of aromatic nitrogens is 4. The summed E-state index contributed by atoms with van der Waals surface area (Å²) < 4.78 is 7.42. The zero-order valence-electron chi connectivity index (χ0n) is 12.3. The third-order valence-electron chi connectivity index (χ3n) is 3.76. The summed E-state index contributed by atoms with van der Waals surface area (Å²) in [6.45, 7) is 5.53. The zero-order chi connectivity index (χ0) is 14.5. The van der Waals surface area contributed by atoms with Gasteiger partial charge in [-0.2, -0.15) is 5.10 Å². The molecule has 1 unspecified atom stereocenters. The van der Waals surface area contributed by atoms with Gasteiger partial charge in [0.1, 0.15) is 5.01 Å². The summed E-state index contributed by atoms with van der Waals surface area (Å²) in [5.41, 5.74) is 0. The molecule has 1 aliphatic rings. The Hall–Kier alpha value is -1.47. The monoisotopic (exact) mass is 307 g/mol. The van der Waals surface area contributed by atoms with Crippen LogP contribution < -0.4 is 4.74 Å². The van der Waals surface area contributed by atoms with Crippen LogP contribution in [-0.2, 0) is 13.1 Å². The van der Waals surface area contributed by atoms with Gasteiger partial charge < -0.3 is 4.74 Å². The van der Waals surface area contributed by atoms with Gasteiger partial charge in [-0.05, 0) is 32.4 Å². The third kappa shape index (κ3) is 3.79. The molecule has 0 radical (unpaired) electrons. The molecule has 3 heterocycles. The van der Waals surface area contributed by atoms with Gasteiger partial charge >= 0.3 is 0 Å². The minimum absolute atomic E-state index is 0.526. The van der Waals surface area contributed by atoms with E-state index in [1.54, 1.807) is 11.3 Å². The number of hydrogen-bond acceptors (Lipinski definition) is 6. The second-order valence-electron chi connectivity index (χ2n) is 5.24. The summed E-state index contributed by atoms with van der Waals surface area (Å²) in [5, 5.41) is 14.3. The van der Waals surface area contributed by atoms with Crippen molar-refractivity contribution in [2.45, 2.75) is 45.3 Å². The fourth-order valence-electron chi connectivity index (χ4n) is 2.76. The van der Waals surface area contributed by atoms with Gasteiger partial charge in [0.25, 0.3) is 5.19 Å². The Morgan fingerprint density at radius 3 is 3.14 bits per heavy atom. The van der Waals surface area contributed by atoms with Crippen LogP contribution in [0.3, 0.4) is 0 Å². The SMILES string of the molecule is CCOc1nnc(CN2CCCCC2Cn2cccn2)s1. The van der Waals surface area contributed by atoms with Crippen molar-refractivity contribution in [3.05, 3.63) is 23.5 Å². The molecule has 114 valence electrons. The molecule has 1 saturated heterocycles. The van der Waals surface area contributed by atoms with Crippen LogP contribution in [0.2, 0.25) is 0 Å². The van der Waals surface area contributed by atoms with Crippen molar-refractivity contribution >= 4 is 11.3 Å². The lowest BCUT2D eigenvalue weighted by molar-refractivity contribution is 0.121. The number of rotatable bonds is 6. The van der Waals surface area contributed by atoms with E-state index in [0.29, 0.717) is 17.8 Å². The lowest BCUT2D eigenvalue weighted by Gasteiger charge is -2.34. The molecule has 0 aromatic carbocycles. The smallest absolute Gasteiger partial charge is 0.294 e. The molecule has 2 aromatic rings. The van der Waals surface area contributed by atoms with Crippen LogP contribution in [0.25, 0.3) is 0 Å². The summed E-state index contributed by atoms with van der Waals surface area (Å²) in [6, 6.07) is 2.50. The summed E-state index contributed by atoms with van der Waals surface area (Å²) in [5.74, 6) is 0. The minimum Gasteiger partial charge on any atom is -0.469 e. The molecule has 0 N–H and O–H groups in total. The largest absolute Gasteiger partial charge is 0.469 e. The number of nitrogens with zero attached hydrogens (tertiary/aromatic N) is 5. The van der Waals surface area contributed by atoms with E-state index in [4.69, 9.17) is 4.74 Å². The van der Waals surface area contributed by atoms with Gasteiger partial charge in [-0.15, -0.1) is 10.2 Å². The van der Waals surface area contributed by atoms with Gasteiger partial charge in [0.2, 0.25) is 0 Å². The van der Waals surface area contributed by atoms with Crippen LogP contribution in [0, 0.1) is 0 Å². The maximum Gasteiger partial charge on any atom is 0.294 e. The van der Waals surface area contributed by atoms with E-state index in [1.807, 2.05) is 30.1 Å². The summed E-state index contributed by atoms with van der Waals surface area (Å²) in [7, 11) is 0. The first-order valence-corrected chi connectivity index (χ1v) is 8.33.